The predicted molar refractivity (Wildman–Crippen MR) is 107 cm³/mol. The Hall–Kier alpha value is -3.62. The van der Waals surface area contributed by atoms with E-state index in [2.05, 4.69) is 5.10 Å². The Bertz CT molecular complexity index is 1100. The van der Waals surface area contributed by atoms with Gasteiger partial charge in [-0.15, -0.1) is 5.10 Å². The van der Waals surface area contributed by atoms with Gasteiger partial charge in [-0.3, -0.25) is 4.79 Å². The van der Waals surface area contributed by atoms with E-state index < -0.39 is 11.6 Å². The maximum Gasteiger partial charge on any atom is 0.437 e. The number of nitrogens with zero attached hydrogens (tertiary/aromatic N) is 3. The second-order valence-electron chi connectivity index (χ2n) is 6.72. The number of hydrogen-bond acceptors (Lipinski definition) is 6. The number of aromatic nitrogens is 2. The molecule has 0 N–H and O–H groups in total. The van der Waals surface area contributed by atoms with Crippen molar-refractivity contribution in [1.29, 1.82) is 0 Å². The highest BCUT2D eigenvalue weighted by atomic mass is 19.1. The van der Waals surface area contributed by atoms with Crippen LogP contribution in [0.3, 0.4) is 0 Å². The van der Waals surface area contributed by atoms with E-state index in [9.17, 15) is 14.0 Å². The summed E-state index contributed by atoms with van der Waals surface area (Å²) in [5.41, 5.74) is 2.25. The van der Waals surface area contributed by atoms with E-state index in [0.717, 1.165) is 15.8 Å². The highest BCUT2D eigenvalue weighted by molar-refractivity contribution is 5.75. The SMILES string of the molecule is COc1cc(C)c(CN(C)C(=O)Cn2nc(-c3ccc(F)cc3)oc2=O)cc1OC. The molecule has 1 amide bonds. The van der Waals surface area contributed by atoms with Crippen LogP contribution < -0.4 is 15.2 Å². The summed E-state index contributed by atoms with van der Waals surface area (Å²) in [5, 5.41) is 4.04. The summed E-state index contributed by atoms with van der Waals surface area (Å²) in [6.07, 6.45) is 0. The van der Waals surface area contributed by atoms with Crippen molar-refractivity contribution < 1.29 is 23.1 Å². The van der Waals surface area contributed by atoms with Crippen LogP contribution in [-0.2, 0) is 17.9 Å². The van der Waals surface area contributed by atoms with E-state index in [-0.39, 0.29) is 18.3 Å². The van der Waals surface area contributed by atoms with E-state index in [4.69, 9.17) is 13.9 Å². The van der Waals surface area contributed by atoms with Crippen molar-refractivity contribution in [2.45, 2.75) is 20.0 Å². The first-order chi connectivity index (χ1) is 14.3. The molecule has 30 heavy (non-hydrogen) atoms. The lowest BCUT2D eigenvalue weighted by Crippen LogP contribution is -2.33. The van der Waals surface area contributed by atoms with Crippen molar-refractivity contribution in [2.24, 2.45) is 0 Å². The number of methoxy groups -OCH3 is 2. The predicted octanol–water partition coefficient (Wildman–Crippen LogP) is 2.63. The van der Waals surface area contributed by atoms with Crippen molar-refractivity contribution in [1.82, 2.24) is 14.7 Å². The number of likely N-dealkylation sites (N-methyl/N-ethyl adjacent to an activating group) is 1. The molecule has 1 heterocycles. The van der Waals surface area contributed by atoms with Crippen LogP contribution in [0.2, 0.25) is 0 Å². The zero-order valence-electron chi connectivity index (χ0n) is 17.1. The van der Waals surface area contributed by atoms with Gasteiger partial charge in [0.05, 0.1) is 14.2 Å². The zero-order chi connectivity index (χ0) is 21.8. The number of carbonyl (C=O) groups excluding carboxylic acids is 1. The normalized spacial score (nSPS) is 10.7. The first kappa shape index (κ1) is 21.1. The highest BCUT2D eigenvalue weighted by Gasteiger charge is 2.18. The lowest BCUT2D eigenvalue weighted by molar-refractivity contribution is -0.131. The van der Waals surface area contributed by atoms with Crippen molar-refractivity contribution in [2.75, 3.05) is 21.3 Å². The minimum atomic E-state index is -0.765. The molecule has 3 rings (SSSR count). The maximum absolute atomic E-state index is 13.1. The Morgan fingerprint density at radius 2 is 1.80 bits per heavy atom. The Balaban J connectivity index is 1.74. The number of rotatable bonds is 7. The highest BCUT2D eigenvalue weighted by Crippen LogP contribution is 2.30. The minimum absolute atomic E-state index is 0.0196. The Morgan fingerprint density at radius 1 is 1.17 bits per heavy atom. The standard InChI is InChI=1S/C21H22FN3O5/c1-13-9-17(28-3)18(29-4)10-15(13)11-24(2)19(26)12-25-21(27)30-20(23-25)14-5-7-16(22)8-6-14/h5-10H,11-12H2,1-4H3. The van der Waals surface area contributed by atoms with Gasteiger partial charge in [-0.1, -0.05) is 0 Å². The molecule has 1 aromatic heterocycles. The topological polar surface area (TPSA) is 86.8 Å². The number of ether oxygens (including phenoxy) is 2. The second kappa shape index (κ2) is 8.81. The van der Waals surface area contributed by atoms with Gasteiger partial charge in [0, 0.05) is 19.2 Å². The summed E-state index contributed by atoms with van der Waals surface area (Å²) in [6.45, 7) is 1.93. The molecule has 0 saturated heterocycles. The van der Waals surface area contributed by atoms with E-state index in [1.807, 2.05) is 19.1 Å². The zero-order valence-corrected chi connectivity index (χ0v) is 17.1. The molecule has 0 bridgehead atoms. The smallest absolute Gasteiger partial charge is 0.437 e. The van der Waals surface area contributed by atoms with Gasteiger partial charge in [0.25, 0.3) is 0 Å². The fourth-order valence-electron chi connectivity index (χ4n) is 2.90. The number of halogens is 1. The van der Waals surface area contributed by atoms with Gasteiger partial charge in [0.15, 0.2) is 11.5 Å². The Kier molecular flexibility index (Phi) is 6.20. The van der Waals surface area contributed by atoms with Crippen LogP contribution in [-0.4, -0.2) is 41.9 Å². The molecule has 0 saturated carbocycles. The molecule has 0 spiro atoms. The van der Waals surface area contributed by atoms with Crippen LogP contribution in [0.1, 0.15) is 11.1 Å². The molecule has 0 fully saturated rings. The Labute approximate surface area is 172 Å². The van der Waals surface area contributed by atoms with Crippen LogP contribution in [0.5, 0.6) is 11.5 Å². The summed E-state index contributed by atoms with van der Waals surface area (Å²) < 4.78 is 29.7. The average Bonchev–Trinajstić information content (AvgIpc) is 3.09. The first-order valence-corrected chi connectivity index (χ1v) is 9.11. The molecule has 0 aliphatic rings. The molecule has 158 valence electrons. The van der Waals surface area contributed by atoms with Crippen LogP contribution in [0.15, 0.2) is 45.6 Å². The minimum Gasteiger partial charge on any atom is -0.493 e. The lowest BCUT2D eigenvalue weighted by atomic mass is 10.1. The van der Waals surface area contributed by atoms with E-state index in [0.29, 0.717) is 23.6 Å². The molecule has 8 nitrogen and oxygen atoms in total. The Morgan fingerprint density at radius 3 is 2.43 bits per heavy atom. The van der Waals surface area contributed by atoms with Crippen molar-refractivity contribution in [3.63, 3.8) is 0 Å². The fourth-order valence-corrected chi connectivity index (χ4v) is 2.90. The monoisotopic (exact) mass is 415 g/mol. The van der Waals surface area contributed by atoms with E-state index >= 15 is 0 Å². The molecular weight excluding hydrogens is 393 g/mol. The molecule has 0 aliphatic heterocycles. The number of amides is 1. The second-order valence-corrected chi connectivity index (χ2v) is 6.72. The van der Waals surface area contributed by atoms with Gasteiger partial charge in [0.1, 0.15) is 12.4 Å². The molecular formula is C21H22FN3O5. The largest absolute Gasteiger partial charge is 0.493 e. The molecule has 0 aliphatic carbocycles. The number of carbonyl (C=O) groups is 1. The summed E-state index contributed by atoms with van der Waals surface area (Å²) in [4.78, 5) is 26.2. The van der Waals surface area contributed by atoms with Gasteiger partial charge < -0.3 is 18.8 Å². The third-order valence-electron chi connectivity index (χ3n) is 4.66. The summed E-state index contributed by atoms with van der Waals surface area (Å²) in [6, 6.07) is 9.01. The fraction of sp³-hybridized carbons (Fsp3) is 0.286. The molecule has 9 heteroatoms. The summed E-state index contributed by atoms with van der Waals surface area (Å²) >= 11 is 0. The van der Waals surface area contributed by atoms with E-state index in [1.165, 1.54) is 29.2 Å². The molecule has 0 unspecified atom stereocenters. The van der Waals surface area contributed by atoms with Crippen LogP contribution >= 0.6 is 0 Å². The molecule has 0 radical (unpaired) electrons. The van der Waals surface area contributed by atoms with Gasteiger partial charge in [-0.05, 0) is 54.4 Å². The van der Waals surface area contributed by atoms with E-state index in [1.54, 1.807) is 21.3 Å². The number of benzene rings is 2. The van der Waals surface area contributed by atoms with Gasteiger partial charge in [-0.25, -0.2) is 9.18 Å². The molecule has 3 aromatic rings. The van der Waals surface area contributed by atoms with Crippen LogP contribution in [0.25, 0.3) is 11.5 Å². The molecule has 2 aromatic carbocycles. The third kappa shape index (κ3) is 4.51. The van der Waals surface area contributed by atoms with Gasteiger partial charge in [-0.2, -0.15) is 4.68 Å². The van der Waals surface area contributed by atoms with Crippen molar-refractivity contribution in [3.8, 4) is 23.0 Å². The number of hydrogen-bond donors (Lipinski definition) is 0. The summed E-state index contributed by atoms with van der Waals surface area (Å²) in [5.74, 6) is -0.316. The third-order valence-corrected chi connectivity index (χ3v) is 4.66. The maximum atomic E-state index is 13.1. The van der Waals surface area contributed by atoms with Crippen LogP contribution in [0, 0.1) is 12.7 Å². The quantitative estimate of drug-likeness (QED) is 0.590. The van der Waals surface area contributed by atoms with Crippen molar-refractivity contribution in [3.05, 3.63) is 63.9 Å². The van der Waals surface area contributed by atoms with Gasteiger partial charge >= 0.3 is 5.76 Å². The van der Waals surface area contributed by atoms with Crippen molar-refractivity contribution >= 4 is 5.91 Å². The molecule has 0 atom stereocenters. The first-order valence-electron chi connectivity index (χ1n) is 9.11. The van der Waals surface area contributed by atoms with Gasteiger partial charge in [0.2, 0.25) is 11.8 Å². The average molecular weight is 415 g/mol. The van der Waals surface area contributed by atoms with Crippen LogP contribution in [0.4, 0.5) is 4.39 Å². The number of aryl methyl sites for hydroxylation is 1. The summed E-state index contributed by atoms with van der Waals surface area (Å²) in [7, 11) is 4.73. The lowest BCUT2D eigenvalue weighted by Gasteiger charge is -2.19.